The van der Waals surface area contributed by atoms with Gasteiger partial charge >= 0.3 is 0 Å². The van der Waals surface area contributed by atoms with Crippen LogP contribution in [0.15, 0.2) is 18.3 Å². The fourth-order valence-corrected chi connectivity index (χ4v) is 2.01. The molecule has 2 N–H and O–H groups in total. The van der Waals surface area contributed by atoms with Crippen molar-refractivity contribution in [2.75, 3.05) is 0 Å². The van der Waals surface area contributed by atoms with Crippen molar-refractivity contribution < 1.29 is 0 Å². The van der Waals surface area contributed by atoms with E-state index in [1.54, 1.807) is 10.9 Å². The second-order valence-electron chi connectivity index (χ2n) is 2.42. The molecule has 0 amide bonds. The normalized spacial score (nSPS) is 10.6. The zero-order valence-electron chi connectivity index (χ0n) is 6.64. The molecule has 6 heteroatoms. The van der Waals surface area contributed by atoms with E-state index in [1.165, 1.54) is 11.3 Å². The van der Waals surface area contributed by atoms with E-state index >= 15 is 0 Å². The lowest BCUT2D eigenvalue weighted by Gasteiger charge is -1.98. The number of rotatable bonds is 2. The molecule has 0 saturated heterocycles. The third kappa shape index (κ3) is 1.58. The monoisotopic (exact) mass is 214 g/mol. The molecule has 0 aliphatic heterocycles. The Morgan fingerprint density at radius 1 is 1.54 bits per heavy atom. The second-order valence-corrected chi connectivity index (χ2v) is 4.11. The molecular weight excluding hydrogens is 208 g/mol. The summed E-state index contributed by atoms with van der Waals surface area (Å²) in [6, 6.07) is 3.71. The van der Waals surface area contributed by atoms with Crippen LogP contribution in [-0.2, 0) is 6.54 Å². The van der Waals surface area contributed by atoms with Gasteiger partial charge in [-0.3, -0.25) is 0 Å². The fourth-order valence-electron chi connectivity index (χ4n) is 1.000. The van der Waals surface area contributed by atoms with E-state index in [2.05, 4.69) is 10.3 Å². The van der Waals surface area contributed by atoms with Crippen LogP contribution in [0.3, 0.4) is 0 Å². The maximum Gasteiger partial charge on any atom is 0.121 e. The smallest absolute Gasteiger partial charge is 0.121 e. The number of nitrogens with zero attached hydrogens (tertiary/aromatic N) is 3. The van der Waals surface area contributed by atoms with Gasteiger partial charge in [-0.2, -0.15) is 0 Å². The quantitative estimate of drug-likeness (QED) is 0.823. The van der Waals surface area contributed by atoms with Gasteiger partial charge in [-0.25, -0.2) is 4.68 Å². The summed E-state index contributed by atoms with van der Waals surface area (Å²) in [6.45, 7) is 0.419. The van der Waals surface area contributed by atoms with Crippen LogP contribution < -0.4 is 5.73 Å². The lowest BCUT2D eigenvalue weighted by atomic mass is 10.5. The molecule has 0 saturated carbocycles. The van der Waals surface area contributed by atoms with Gasteiger partial charge in [0.15, 0.2) is 0 Å². The maximum atomic E-state index is 5.80. The molecule has 0 atom stereocenters. The standard InChI is InChI=1S/C7H7ClN4S/c8-6-1-2-7(13-6)12-5(3-9)4-10-11-12/h1-2,4H,3,9H2. The minimum absolute atomic E-state index is 0.419. The summed E-state index contributed by atoms with van der Waals surface area (Å²) in [5.74, 6) is 0. The fraction of sp³-hybridized carbons (Fsp3) is 0.143. The van der Waals surface area contributed by atoms with Crippen molar-refractivity contribution in [3.8, 4) is 5.00 Å². The zero-order valence-corrected chi connectivity index (χ0v) is 8.22. The summed E-state index contributed by atoms with van der Waals surface area (Å²) in [4.78, 5) is 0. The minimum atomic E-state index is 0.419. The lowest BCUT2D eigenvalue weighted by Crippen LogP contribution is -2.05. The van der Waals surface area contributed by atoms with Crippen LogP contribution in [0.2, 0.25) is 4.34 Å². The number of halogens is 1. The first-order valence-corrected chi connectivity index (χ1v) is 4.86. The molecule has 0 aliphatic carbocycles. The Labute approximate surface area is 83.9 Å². The van der Waals surface area contributed by atoms with E-state index in [4.69, 9.17) is 17.3 Å². The lowest BCUT2D eigenvalue weighted by molar-refractivity contribution is 0.772. The first-order chi connectivity index (χ1) is 6.31. The molecule has 2 rings (SSSR count). The van der Waals surface area contributed by atoms with E-state index in [0.717, 1.165) is 15.0 Å². The predicted molar refractivity (Wildman–Crippen MR) is 52.1 cm³/mol. The van der Waals surface area contributed by atoms with Crippen molar-refractivity contribution in [3.63, 3.8) is 0 Å². The highest BCUT2D eigenvalue weighted by Crippen LogP contribution is 2.24. The van der Waals surface area contributed by atoms with E-state index in [9.17, 15) is 0 Å². The Balaban J connectivity index is 2.45. The van der Waals surface area contributed by atoms with Gasteiger partial charge in [0, 0.05) is 6.54 Å². The third-order valence-corrected chi connectivity index (χ3v) is 2.80. The van der Waals surface area contributed by atoms with Gasteiger partial charge in [0.1, 0.15) is 5.00 Å². The summed E-state index contributed by atoms with van der Waals surface area (Å²) in [6.07, 6.45) is 1.65. The SMILES string of the molecule is NCc1cnnn1-c1ccc(Cl)s1. The van der Waals surface area contributed by atoms with Crippen LogP contribution in [0.5, 0.6) is 0 Å². The predicted octanol–water partition coefficient (Wildman–Crippen LogP) is 1.44. The number of hydrogen-bond donors (Lipinski definition) is 1. The Hall–Kier alpha value is -0.910. The van der Waals surface area contributed by atoms with Crippen molar-refractivity contribution in [2.24, 2.45) is 5.73 Å². The van der Waals surface area contributed by atoms with Gasteiger partial charge in [0.05, 0.1) is 16.2 Å². The summed E-state index contributed by atoms with van der Waals surface area (Å²) < 4.78 is 2.42. The molecule has 0 bridgehead atoms. The topological polar surface area (TPSA) is 56.7 Å². The molecule has 0 aromatic carbocycles. The first kappa shape index (κ1) is 8.68. The van der Waals surface area contributed by atoms with Crippen LogP contribution in [0.4, 0.5) is 0 Å². The van der Waals surface area contributed by atoms with E-state index < -0.39 is 0 Å². The van der Waals surface area contributed by atoms with Gasteiger partial charge in [0.25, 0.3) is 0 Å². The van der Waals surface area contributed by atoms with Crippen molar-refractivity contribution in [1.82, 2.24) is 15.0 Å². The third-order valence-electron chi connectivity index (χ3n) is 1.60. The number of hydrogen-bond acceptors (Lipinski definition) is 4. The highest BCUT2D eigenvalue weighted by atomic mass is 35.5. The molecule has 4 nitrogen and oxygen atoms in total. The molecule has 68 valence electrons. The first-order valence-electron chi connectivity index (χ1n) is 3.66. The van der Waals surface area contributed by atoms with Gasteiger partial charge in [-0.1, -0.05) is 16.8 Å². The van der Waals surface area contributed by atoms with Crippen LogP contribution in [0.1, 0.15) is 5.69 Å². The Kier molecular flexibility index (Phi) is 2.30. The van der Waals surface area contributed by atoms with Crippen LogP contribution in [0, 0.1) is 0 Å². The molecule has 2 aromatic rings. The number of thiophene rings is 1. The molecule has 2 heterocycles. The highest BCUT2D eigenvalue weighted by molar-refractivity contribution is 7.18. The molecule has 13 heavy (non-hydrogen) atoms. The van der Waals surface area contributed by atoms with Gasteiger partial charge in [-0.15, -0.1) is 16.4 Å². The molecule has 2 aromatic heterocycles. The van der Waals surface area contributed by atoms with Crippen molar-refractivity contribution in [3.05, 3.63) is 28.4 Å². The number of nitrogens with two attached hydrogens (primary N) is 1. The molecule has 0 aliphatic rings. The van der Waals surface area contributed by atoms with Gasteiger partial charge in [0.2, 0.25) is 0 Å². The van der Waals surface area contributed by atoms with E-state index in [1.807, 2.05) is 12.1 Å². The van der Waals surface area contributed by atoms with E-state index in [-0.39, 0.29) is 0 Å². The Bertz CT molecular complexity index is 408. The van der Waals surface area contributed by atoms with Crippen molar-refractivity contribution >= 4 is 22.9 Å². The molecular formula is C7H7ClN4S. The zero-order chi connectivity index (χ0) is 9.26. The minimum Gasteiger partial charge on any atom is -0.325 e. The summed E-state index contributed by atoms with van der Waals surface area (Å²) >= 11 is 7.24. The molecule has 0 unspecified atom stereocenters. The molecule has 0 fully saturated rings. The van der Waals surface area contributed by atoms with Gasteiger partial charge in [-0.05, 0) is 12.1 Å². The van der Waals surface area contributed by atoms with Crippen LogP contribution >= 0.6 is 22.9 Å². The largest absolute Gasteiger partial charge is 0.325 e. The average Bonchev–Trinajstić information content (AvgIpc) is 2.71. The van der Waals surface area contributed by atoms with Crippen LogP contribution in [-0.4, -0.2) is 15.0 Å². The van der Waals surface area contributed by atoms with Crippen LogP contribution in [0.25, 0.3) is 5.00 Å². The second kappa shape index (κ2) is 3.45. The highest BCUT2D eigenvalue weighted by Gasteiger charge is 2.06. The average molecular weight is 215 g/mol. The summed E-state index contributed by atoms with van der Waals surface area (Å²) in [5, 5.41) is 8.62. The van der Waals surface area contributed by atoms with E-state index in [0.29, 0.717) is 6.54 Å². The summed E-state index contributed by atoms with van der Waals surface area (Å²) in [7, 11) is 0. The van der Waals surface area contributed by atoms with Crippen molar-refractivity contribution in [2.45, 2.75) is 6.54 Å². The Morgan fingerprint density at radius 2 is 2.38 bits per heavy atom. The molecule has 0 spiro atoms. The van der Waals surface area contributed by atoms with Crippen molar-refractivity contribution in [1.29, 1.82) is 0 Å². The van der Waals surface area contributed by atoms with Gasteiger partial charge < -0.3 is 5.73 Å². The summed E-state index contributed by atoms with van der Waals surface area (Å²) in [5.41, 5.74) is 6.38. The molecule has 0 radical (unpaired) electrons. The maximum absolute atomic E-state index is 5.80. The Morgan fingerprint density at radius 3 is 3.00 bits per heavy atom. The number of aromatic nitrogens is 3.